The molecule has 0 aliphatic carbocycles. The summed E-state index contributed by atoms with van der Waals surface area (Å²) in [7, 11) is 1.63. The van der Waals surface area contributed by atoms with Crippen LogP contribution in [0.15, 0.2) is 41.6 Å². The minimum absolute atomic E-state index is 0.0976. The first kappa shape index (κ1) is 15.6. The Bertz CT molecular complexity index is 928. The molecule has 0 bridgehead atoms. The van der Waals surface area contributed by atoms with Crippen molar-refractivity contribution < 1.29 is 12.8 Å². The van der Waals surface area contributed by atoms with Gasteiger partial charge < -0.3 is 4.74 Å². The van der Waals surface area contributed by atoms with Crippen molar-refractivity contribution in [2.75, 3.05) is 7.11 Å². The van der Waals surface area contributed by atoms with Gasteiger partial charge in [-0.2, -0.15) is 0 Å². The highest BCUT2D eigenvalue weighted by atomic mass is 32.2. The molecule has 1 atom stereocenters. The number of rotatable bonds is 3. The summed E-state index contributed by atoms with van der Waals surface area (Å²) in [5.41, 5.74) is 4.32. The summed E-state index contributed by atoms with van der Waals surface area (Å²) in [6, 6.07) is 8.65. The van der Waals surface area contributed by atoms with E-state index in [4.69, 9.17) is 4.74 Å². The third-order valence-electron chi connectivity index (χ3n) is 3.79. The first-order valence-electron chi connectivity index (χ1n) is 6.99. The lowest BCUT2D eigenvalue weighted by molar-refractivity contribution is 0.412. The van der Waals surface area contributed by atoms with Gasteiger partial charge in [0.2, 0.25) is 11.2 Å². The van der Waals surface area contributed by atoms with Crippen molar-refractivity contribution >= 4 is 22.1 Å². The summed E-state index contributed by atoms with van der Waals surface area (Å²) < 4.78 is 29.4. The van der Waals surface area contributed by atoms with Crippen LogP contribution in [-0.4, -0.2) is 21.3 Å². The van der Waals surface area contributed by atoms with Crippen LogP contribution in [0.4, 0.5) is 3.89 Å². The Kier molecular flexibility index (Phi) is 4.09. The quantitative estimate of drug-likeness (QED) is 0.683. The predicted molar refractivity (Wildman–Crippen MR) is 88.5 cm³/mol. The molecule has 0 saturated carbocycles. The Balaban J connectivity index is 2.26. The molecule has 0 saturated heterocycles. The fourth-order valence-electron chi connectivity index (χ4n) is 2.66. The van der Waals surface area contributed by atoms with E-state index in [2.05, 4.69) is 9.97 Å². The van der Waals surface area contributed by atoms with Crippen molar-refractivity contribution in [3.05, 3.63) is 47.8 Å². The molecule has 0 fully saturated rings. The molecule has 6 heteroatoms. The predicted octanol–water partition coefficient (Wildman–Crippen LogP) is 3.91. The summed E-state index contributed by atoms with van der Waals surface area (Å²) in [6.45, 7) is 3.98. The summed E-state index contributed by atoms with van der Waals surface area (Å²) in [4.78, 5) is 8.64. The molecule has 0 amide bonds. The van der Waals surface area contributed by atoms with Crippen molar-refractivity contribution in [1.29, 1.82) is 0 Å². The maximum absolute atomic E-state index is 13.0. The van der Waals surface area contributed by atoms with E-state index in [9.17, 15) is 8.09 Å². The molecular formula is C17H15FN2O2S. The Labute approximate surface area is 136 Å². The van der Waals surface area contributed by atoms with E-state index >= 15 is 0 Å². The van der Waals surface area contributed by atoms with Gasteiger partial charge in [0.05, 0.1) is 23.2 Å². The Morgan fingerprint density at radius 2 is 1.87 bits per heavy atom. The average Bonchev–Trinajstić information content (AvgIpc) is 2.54. The van der Waals surface area contributed by atoms with Gasteiger partial charge in [0.1, 0.15) is 12.1 Å². The fraction of sp³-hybridized carbons (Fsp3) is 0.176. The first-order valence-corrected chi connectivity index (χ1v) is 8.04. The molecule has 0 radical (unpaired) electrons. The van der Waals surface area contributed by atoms with E-state index in [1.165, 1.54) is 18.5 Å². The van der Waals surface area contributed by atoms with Gasteiger partial charge in [-0.05, 0) is 49.2 Å². The minimum atomic E-state index is -2.53. The number of aryl methyl sites for hydroxylation is 2. The molecule has 3 rings (SSSR count). The molecule has 118 valence electrons. The number of ether oxygens (including phenoxy) is 1. The molecule has 0 spiro atoms. The van der Waals surface area contributed by atoms with Crippen LogP contribution < -0.4 is 4.74 Å². The van der Waals surface area contributed by atoms with Gasteiger partial charge in [-0.15, -0.1) is 3.89 Å². The minimum Gasteiger partial charge on any atom is -0.496 e. The van der Waals surface area contributed by atoms with Crippen molar-refractivity contribution in [3.63, 3.8) is 0 Å². The molecule has 1 aromatic heterocycles. The maximum Gasteiger partial charge on any atom is 0.231 e. The summed E-state index contributed by atoms with van der Waals surface area (Å²) in [6.07, 6.45) is 1.42. The topological polar surface area (TPSA) is 52.1 Å². The fourth-order valence-corrected chi connectivity index (χ4v) is 3.04. The second-order valence-electron chi connectivity index (χ2n) is 5.26. The highest BCUT2D eigenvalue weighted by molar-refractivity contribution is 7.79. The van der Waals surface area contributed by atoms with Crippen LogP contribution in [-0.2, 0) is 11.2 Å². The Hall–Kier alpha value is -2.34. The van der Waals surface area contributed by atoms with Crippen molar-refractivity contribution in [2.45, 2.75) is 18.7 Å². The van der Waals surface area contributed by atoms with E-state index in [1.807, 2.05) is 26.0 Å². The second-order valence-corrected chi connectivity index (χ2v) is 6.18. The van der Waals surface area contributed by atoms with Gasteiger partial charge in [0.15, 0.2) is 0 Å². The lowest BCUT2D eigenvalue weighted by atomic mass is 9.99. The third-order valence-corrected chi connectivity index (χ3v) is 4.41. The largest absolute Gasteiger partial charge is 0.496 e. The number of benzene rings is 2. The van der Waals surface area contributed by atoms with Crippen molar-refractivity contribution in [1.82, 2.24) is 9.97 Å². The zero-order valence-electron chi connectivity index (χ0n) is 13.0. The van der Waals surface area contributed by atoms with Gasteiger partial charge in [0, 0.05) is 10.9 Å². The molecule has 1 unspecified atom stereocenters. The zero-order chi connectivity index (χ0) is 16.6. The van der Waals surface area contributed by atoms with Crippen LogP contribution >= 0.6 is 0 Å². The number of methoxy groups -OCH3 is 1. The van der Waals surface area contributed by atoms with E-state index in [0.717, 1.165) is 33.5 Å². The number of aromatic nitrogens is 2. The number of hydrogen-bond acceptors (Lipinski definition) is 4. The molecule has 1 heterocycles. The molecule has 4 nitrogen and oxygen atoms in total. The van der Waals surface area contributed by atoms with Crippen LogP contribution in [0, 0.1) is 13.8 Å². The average molecular weight is 330 g/mol. The van der Waals surface area contributed by atoms with Crippen LogP contribution in [0.2, 0.25) is 0 Å². The molecule has 0 aliphatic rings. The molecule has 3 aromatic rings. The van der Waals surface area contributed by atoms with Crippen LogP contribution in [0.3, 0.4) is 0 Å². The van der Waals surface area contributed by atoms with Gasteiger partial charge in [-0.1, -0.05) is 6.07 Å². The van der Waals surface area contributed by atoms with E-state index < -0.39 is 11.2 Å². The third kappa shape index (κ3) is 2.82. The first-order chi connectivity index (χ1) is 11.0. The highest BCUT2D eigenvalue weighted by Crippen LogP contribution is 2.33. The van der Waals surface area contributed by atoms with E-state index in [1.54, 1.807) is 13.2 Å². The Morgan fingerprint density at radius 1 is 1.09 bits per heavy atom. The molecule has 2 aromatic carbocycles. The van der Waals surface area contributed by atoms with Crippen LogP contribution in [0.25, 0.3) is 22.2 Å². The molecular weight excluding hydrogens is 315 g/mol. The number of halogens is 1. The Morgan fingerprint density at radius 3 is 2.57 bits per heavy atom. The SMILES string of the molecule is COc1cc(-c2ncnc3cc(S(=O)F)ccc23)c(C)cc1C. The van der Waals surface area contributed by atoms with Gasteiger partial charge >= 0.3 is 0 Å². The van der Waals surface area contributed by atoms with E-state index in [0.29, 0.717) is 5.52 Å². The number of hydrogen-bond donors (Lipinski definition) is 0. The van der Waals surface area contributed by atoms with E-state index in [-0.39, 0.29) is 4.90 Å². The normalized spacial score (nSPS) is 12.3. The van der Waals surface area contributed by atoms with Gasteiger partial charge in [0.25, 0.3) is 0 Å². The number of fused-ring (bicyclic) bond motifs is 1. The molecule has 23 heavy (non-hydrogen) atoms. The molecule has 0 aliphatic heterocycles. The van der Waals surface area contributed by atoms with Crippen LogP contribution in [0.1, 0.15) is 11.1 Å². The smallest absolute Gasteiger partial charge is 0.231 e. The van der Waals surface area contributed by atoms with Gasteiger partial charge in [-0.3, -0.25) is 0 Å². The van der Waals surface area contributed by atoms with Gasteiger partial charge in [-0.25, -0.2) is 14.2 Å². The maximum atomic E-state index is 13.0. The lowest BCUT2D eigenvalue weighted by Gasteiger charge is -2.12. The summed E-state index contributed by atoms with van der Waals surface area (Å²) >= 11 is -2.53. The zero-order valence-corrected chi connectivity index (χ0v) is 13.8. The lowest BCUT2D eigenvalue weighted by Crippen LogP contribution is -1.95. The summed E-state index contributed by atoms with van der Waals surface area (Å²) in [5.74, 6) is 0.777. The monoisotopic (exact) mass is 330 g/mol. The highest BCUT2D eigenvalue weighted by Gasteiger charge is 2.13. The second kappa shape index (κ2) is 6.04. The van der Waals surface area contributed by atoms with Crippen molar-refractivity contribution in [2.24, 2.45) is 0 Å². The summed E-state index contributed by atoms with van der Waals surface area (Å²) in [5, 5.41) is 0.774. The van der Waals surface area contributed by atoms with Crippen LogP contribution in [0.5, 0.6) is 5.75 Å². The standard InChI is InChI=1S/C17H15FN2O2S/c1-10-6-11(2)16(22-3)8-14(10)17-13-5-4-12(23(18)21)7-15(13)19-9-20-17/h4-9H,1-3H3. The number of nitrogens with zero attached hydrogens (tertiary/aromatic N) is 2. The molecule has 0 N–H and O–H groups in total. The van der Waals surface area contributed by atoms with Crippen molar-refractivity contribution in [3.8, 4) is 17.0 Å².